The van der Waals surface area contributed by atoms with Crippen molar-refractivity contribution < 1.29 is 0 Å². The molecule has 0 unspecified atom stereocenters. The Morgan fingerprint density at radius 1 is 0.882 bits per heavy atom. The van der Waals surface area contributed by atoms with Crippen LogP contribution in [0, 0.1) is 0 Å². The van der Waals surface area contributed by atoms with Crippen molar-refractivity contribution >= 4 is 22.5 Å². The van der Waals surface area contributed by atoms with Crippen molar-refractivity contribution in [3.63, 3.8) is 0 Å². The number of rotatable bonds is 2. The maximum Gasteiger partial charge on any atom is 0.238 e. The number of likely N-dealkylation sites (tertiary alicyclic amines) is 1. The van der Waals surface area contributed by atoms with E-state index in [1.54, 1.807) is 23.1 Å². The monoisotopic (exact) mass is 459 g/mol. The number of aromatic nitrogens is 5. The molecule has 0 aromatic carbocycles. The number of piperidine rings is 1. The van der Waals surface area contributed by atoms with Crippen molar-refractivity contribution in [2.75, 3.05) is 18.8 Å². The topological polar surface area (TPSA) is 85.2 Å². The van der Waals surface area contributed by atoms with E-state index in [9.17, 15) is 0 Å². The summed E-state index contributed by atoms with van der Waals surface area (Å²) in [6.45, 7) is 6.79. The van der Waals surface area contributed by atoms with Crippen LogP contribution in [0.4, 0.5) is 5.95 Å². The van der Waals surface area contributed by atoms with E-state index in [0.29, 0.717) is 0 Å². The molecule has 1 saturated carbocycles. The third-order valence-corrected chi connectivity index (χ3v) is 6.68. The highest BCUT2D eigenvalue weighted by Crippen LogP contribution is 2.27. The van der Waals surface area contributed by atoms with Gasteiger partial charge in [-0.3, -0.25) is 0 Å². The van der Waals surface area contributed by atoms with Gasteiger partial charge in [0.15, 0.2) is 5.65 Å². The van der Waals surface area contributed by atoms with Gasteiger partial charge in [-0.25, -0.2) is 19.5 Å². The molecule has 4 aromatic rings. The third kappa shape index (κ3) is 5.70. The number of pyridine rings is 2. The molecule has 0 bridgehead atoms. The summed E-state index contributed by atoms with van der Waals surface area (Å²) in [6.07, 6.45) is 18.9. The number of fused-ring (bicyclic) bond motifs is 2. The Bertz CT molecular complexity index is 1160. The van der Waals surface area contributed by atoms with Gasteiger partial charge in [0, 0.05) is 41.1 Å². The highest BCUT2D eigenvalue weighted by molar-refractivity contribution is 5.86. The largest absolute Gasteiger partial charge is 0.367 e. The highest BCUT2D eigenvalue weighted by atomic mass is 15.3. The second-order valence-electron chi connectivity index (χ2n) is 8.84. The van der Waals surface area contributed by atoms with Crippen molar-refractivity contribution in [1.29, 1.82) is 0 Å². The van der Waals surface area contributed by atoms with E-state index in [1.165, 1.54) is 64.5 Å². The number of anilines is 1. The summed E-state index contributed by atoms with van der Waals surface area (Å²) in [5.41, 5.74) is 9.23. The van der Waals surface area contributed by atoms with Crippen molar-refractivity contribution in [3.8, 4) is 11.1 Å². The van der Waals surface area contributed by atoms with E-state index in [2.05, 4.69) is 31.0 Å². The molecule has 0 atom stereocenters. The van der Waals surface area contributed by atoms with Gasteiger partial charge in [0.1, 0.15) is 0 Å². The summed E-state index contributed by atoms with van der Waals surface area (Å²) in [5.74, 6) is 0.250. The normalized spacial score (nSPS) is 17.0. The number of hydrogen-bond acceptors (Lipinski definition) is 6. The number of hydrogen-bond donors (Lipinski definition) is 1. The van der Waals surface area contributed by atoms with Crippen molar-refractivity contribution in [3.05, 3.63) is 49.1 Å². The van der Waals surface area contributed by atoms with Crippen LogP contribution in [0.2, 0.25) is 0 Å². The molecule has 180 valence electrons. The summed E-state index contributed by atoms with van der Waals surface area (Å²) < 4.78 is 1.71. The van der Waals surface area contributed by atoms with Gasteiger partial charge in [-0.05, 0) is 63.0 Å². The average Bonchev–Trinajstić information content (AvgIpc) is 3.34. The Balaban J connectivity index is 0.000000168. The van der Waals surface area contributed by atoms with E-state index in [0.717, 1.165) is 33.7 Å². The van der Waals surface area contributed by atoms with Crippen LogP contribution < -0.4 is 5.73 Å². The SMILES string of the molecule is C1CCC(N2CCCCC2)CC1.CC.Nc1ncc2c(-c3cnc4ncccc4c3)ccn2n1. The summed E-state index contributed by atoms with van der Waals surface area (Å²) in [6, 6.07) is 8.89. The van der Waals surface area contributed by atoms with E-state index in [-0.39, 0.29) is 5.95 Å². The van der Waals surface area contributed by atoms with Crippen LogP contribution in [0.5, 0.6) is 0 Å². The van der Waals surface area contributed by atoms with Crippen LogP contribution in [0.1, 0.15) is 65.2 Å². The van der Waals surface area contributed by atoms with Gasteiger partial charge in [0.2, 0.25) is 5.95 Å². The zero-order valence-corrected chi connectivity index (χ0v) is 20.5. The number of nitrogen functional groups attached to an aromatic ring is 1. The minimum Gasteiger partial charge on any atom is -0.367 e. The van der Waals surface area contributed by atoms with Crippen LogP contribution in [0.15, 0.2) is 49.1 Å². The van der Waals surface area contributed by atoms with Crippen molar-refractivity contribution in [2.45, 2.75) is 71.3 Å². The molecule has 7 nitrogen and oxygen atoms in total. The molecule has 1 aliphatic carbocycles. The minimum absolute atomic E-state index is 0.250. The quantitative estimate of drug-likeness (QED) is 0.411. The molecule has 1 saturated heterocycles. The van der Waals surface area contributed by atoms with E-state index in [4.69, 9.17) is 5.73 Å². The van der Waals surface area contributed by atoms with E-state index >= 15 is 0 Å². The lowest BCUT2D eigenvalue weighted by Crippen LogP contribution is -2.40. The van der Waals surface area contributed by atoms with Crippen LogP contribution in [-0.4, -0.2) is 48.6 Å². The lowest BCUT2D eigenvalue weighted by Gasteiger charge is -2.36. The molecular formula is C27H37N7. The molecule has 2 N–H and O–H groups in total. The predicted octanol–water partition coefficient (Wildman–Crippen LogP) is 5.75. The Morgan fingerprint density at radius 3 is 2.44 bits per heavy atom. The Kier molecular flexibility index (Phi) is 8.41. The maximum absolute atomic E-state index is 5.58. The molecule has 5 heterocycles. The standard InChI is InChI=1S/C14H10N6.C11H21N.C2H6/c15-14-18-8-12-11(3-5-20(12)19-14)10-6-9-2-1-4-16-13(9)17-7-10;1-3-7-11(8-4-1)12-9-5-2-6-10-12;1-2/h1-8H,(H2,15,19);11H,1-10H2;1-2H3. The molecule has 1 aliphatic heterocycles. The fourth-order valence-electron chi connectivity index (χ4n) is 5.00. The van der Waals surface area contributed by atoms with Crippen LogP contribution in [0.3, 0.4) is 0 Å². The molecule has 2 aliphatic rings. The van der Waals surface area contributed by atoms with Gasteiger partial charge < -0.3 is 10.6 Å². The molecule has 4 aromatic heterocycles. The smallest absolute Gasteiger partial charge is 0.238 e. The Labute approximate surface area is 202 Å². The second kappa shape index (κ2) is 11.9. The fourth-order valence-corrected chi connectivity index (χ4v) is 5.00. The zero-order valence-electron chi connectivity index (χ0n) is 20.5. The minimum atomic E-state index is 0.250. The number of nitrogens with two attached hydrogens (primary N) is 1. The lowest BCUT2D eigenvalue weighted by molar-refractivity contribution is 0.131. The third-order valence-electron chi connectivity index (χ3n) is 6.68. The van der Waals surface area contributed by atoms with Gasteiger partial charge in [-0.1, -0.05) is 39.5 Å². The van der Waals surface area contributed by atoms with E-state index in [1.807, 2.05) is 38.2 Å². The highest BCUT2D eigenvalue weighted by Gasteiger charge is 2.21. The Hall–Kier alpha value is -3.06. The van der Waals surface area contributed by atoms with E-state index < -0.39 is 0 Å². The van der Waals surface area contributed by atoms with Gasteiger partial charge in [-0.15, -0.1) is 5.10 Å². The fraction of sp³-hybridized carbons (Fsp3) is 0.481. The zero-order chi connectivity index (χ0) is 23.8. The van der Waals surface area contributed by atoms with Crippen LogP contribution in [-0.2, 0) is 0 Å². The van der Waals surface area contributed by atoms with Gasteiger partial charge >= 0.3 is 0 Å². The molecule has 2 fully saturated rings. The first kappa shape index (κ1) is 24.1. The molecule has 7 heteroatoms. The Morgan fingerprint density at radius 2 is 1.65 bits per heavy atom. The summed E-state index contributed by atoms with van der Waals surface area (Å²) in [5, 5.41) is 5.14. The first-order chi connectivity index (χ1) is 16.8. The summed E-state index contributed by atoms with van der Waals surface area (Å²) in [7, 11) is 0. The van der Waals surface area contributed by atoms with Crippen LogP contribution >= 0.6 is 0 Å². The number of nitrogens with zero attached hydrogens (tertiary/aromatic N) is 6. The van der Waals surface area contributed by atoms with Crippen LogP contribution in [0.25, 0.3) is 27.7 Å². The maximum atomic E-state index is 5.58. The first-order valence-corrected chi connectivity index (χ1v) is 12.8. The molecule has 6 rings (SSSR count). The molecule has 34 heavy (non-hydrogen) atoms. The van der Waals surface area contributed by atoms with Gasteiger partial charge in [0.25, 0.3) is 0 Å². The van der Waals surface area contributed by atoms with Gasteiger partial charge in [-0.2, -0.15) is 0 Å². The second-order valence-corrected chi connectivity index (χ2v) is 8.84. The average molecular weight is 460 g/mol. The summed E-state index contributed by atoms with van der Waals surface area (Å²) >= 11 is 0. The lowest BCUT2D eigenvalue weighted by atomic mass is 9.93. The molecule has 0 spiro atoms. The van der Waals surface area contributed by atoms with Crippen molar-refractivity contribution in [2.24, 2.45) is 0 Å². The summed E-state index contributed by atoms with van der Waals surface area (Å²) in [4.78, 5) is 15.4. The first-order valence-electron chi connectivity index (χ1n) is 12.8. The molecule has 0 radical (unpaired) electrons. The molecule has 0 amide bonds. The molecular weight excluding hydrogens is 422 g/mol. The van der Waals surface area contributed by atoms with Crippen molar-refractivity contribution in [1.82, 2.24) is 29.5 Å². The predicted molar refractivity (Wildman–Crippen MR) is 140 cm³/mol. The van der Waals surface area contributed by atoms with Gasteiger partial charge in [0.05, 0.1) is 11.7 Å².